The summed E-state index contributed by atoms with van der Waals surface area (Å²) in [5.74, 6) is -0.224. The van der Waals surface area contributed by atoms with Gasteiger partial charge in [-0.05, 0) is 12.5 Å². The summed E-state index contributed by atoms with van der Waals surface area (Å²) in [6, 6.07) is 1.47. The van der Waals surface area contributed by atoms with Crippen molar-refractivity contribution >= 4 is 5.82 Å². The normalized spacial score (nSPS) is 10.7. The number of rotatable bonds is 9. The highest BCUT2D eigenvalue weighted by Crippen LogP contribution is 2.19. The second-order valence-corrected chi connectivity index (χ2v) is 4.09. The van der Waals surface area contributed by atoms with Crippen molar-refractivity contribution in [1.82, 2.24) is 4.98 Å². The molecule has 0 spiro atoms. The van der Waals surface area contributed by atoms with Crippen molar-refractivity contribution in [3.8, 4) is 0 Å². The van der Waals surface area contributed by atoms with Crippen LogP contribution < -0.4 is 4.90 Å². The molecule has 0 aliphatic rings. The fraction of sp³-hybridized carbons (Fsp3) is 0.615. The molecule has 0 aliphatic heterocycles. The maximum absolute atomic E-state index is 14.1. The molecule has 0 amide bonds. The predicted octanol–water partition coefficient (Wildman–Crippen LogP) is 1.20. The molecule has 19 heavy (non-hydrogen) atoms. The molecule has 0 atom stereocenters. The van der Waals surface area contributed by atoms with Gasteiger partial charge in [0, 0.05) is 45.7 Å². The van der Waals surface area contributed by atoms with E-state index in [2.05, 4.69) is 4.98 Å². The molecule has 0 saturated heterocycles. The molecule has 1 heterocycles. The Hall–Kier alpha value is -1.24. The van der Waals surface area contributed by atoms with Gasteiger partial charge in [0.2, 0.25) is 0 Å². The maximum Gasteiger partial charge on any atom is 0.171 e. The van der Waals surface area contributed by atoms with Crippen molar-refractivity contribution in [2.45, 2.75) is 13.0 Å². The topological polar surface area (TPSA) is 54.8 Å². The molecule has 6 heteroatoms. The lowest BCUT2D eigenvalue weighted by atomic mass is 10.2. The molecular weight excluding hydrogens is 251 g/mol. The van der Waals surface area contributed by atoms with E-state index < -0.39 is 5.82 Å². The Labute approximate surface area is 113 Å². The smallest absolute Gasteiger partial charge is 0.171 e. The van der Waals surface area contributed by atoms with Crippen LogP contribution in [0.25, 0.3) is 0 Å². The minimum atomic E-state index is -0.474. The number of hydrogen-bond donors (Lipinski definition) is 1. The largest absolute Gasteiger partial charge is 0.392 e. The predicted molar refractivity (Wildman–Crippen MR) is 70.7 cm³/mol. The van der Waals surface area contributed by atoms with Crippen LogP contribution in [0.4, 0.5) is 10.2 Å². The van der Waals surface area contributed by atoms with Crippen LogP contribution in [0.15, 0.2) is 12.3 Å². The molecule has 0 aliphatic carbocycles. The number of halogens is 1. The van der Waals surface area contributed by atoms with E-state index in [1.54, 1.807) is 19.1 Å². The third-order valence-electron chi connectivity index (χ3n) is 2.76. The van der Waals surface area contributed by atoms with Crippen LogP contribution >= 0.6 is 0 Å². The van der Waals surface area contributed by atoms with Crippen LogP contribution in [0.2, 0.25) is 0 Å². The van der Waals surface area contributed by atoms with Gasteiger partial charge in [-0.15, -0.1) is 0 Å². The van der Waals surface area contributed by atoms with Gasteiger partial charge in [-0.1, -0.05) is 0 Å². The summed E-state index contributed by atoms with van der Waals surface area (Å²) in [4.78, 5) is 5.86. The average Bonchev–Trinajstić information content (AvgIpc) is 2.43. The number of hydrogen-bond acceptors (Lipinski definition) is 5. The zero-order valence-corrected chi connectivity index (χ0v) is 11.4. The molecule has 0 bridgehead atoms. The van der Waals surface area contributed by atoms with Crippen LogP contribution in [0.5, 0.6) is 0 Å². The van der Waals surface area contributed by atoms with E-state index in [0.717, 1.165) is 6.42 Å². The molecule has 0 radical (unpaired) electrons. The van der Waals surface area contributed by atoms with Crippen LogP contribution in [0.1, 0.15) is 12.0 Å². The molecule has 0 fully saturated rings. The summed E-state index contributed by atoms with van der Waals surface area (Å²) in [7, 11) is 3.23. The number of ether oxygens (including phenoxy) is 2. The van der Waals surface area contributed by atoms with Crippen molar-refractivity contribution in [2.24, 2.45) is 0 Å². The third-order valence-corrected chi connectivity index (χ3v) is 2.76. The Morgan fingerprint density at radius 2 is 2.00 bits per heavy atom. The van der Waals surface area contributed by atoms with Gasteiger partial charge in [-0.2, -0.15) is 0 Å². The molecule has 108 valence electrons. The lowest BCUT2D eigenvalue weighted by Crippen LogP contribution is -2.31. The summed E-state index contributed by atoms with van der Waals surface area (Å²) in [6.45, 7) is 1.91. The van der Waals surface area contributed by atoms with Gasteiger partial charge in [-0.25, -0.2) is 9.37 Å². The molecule has 1 aromatic rings. The second kappa shape index (κ2) is 8.79. The number of aliphatic hydroxyl groups excluding tert-OH is 1. The standard InChI is InChI=1S/C13H21FN2O3/c1-18-8-3-6-16(7-9-19-2)13-12(14)11(10-17)4-5-15-13/h4-5,17H,3,6-10H2,1-2H3. The lowest BCUT2D eigenvalue weighted by molar-refractivity contribution is 0.190. The first kappa shape index (κ1) is 15.8. The quantitative estimate of drug-likeness (QED) is 0.685. The van der Waals surface area contributed by atoms with E-state index in [-0.39, 0.29) is 18.0 Å². The van der Waals surface area contributed by atoms with E-state index in [1.807, 2.05) is 0 Å². The Morgan fingerprint density at radius 3 is 2.63 bits per heavy atom. The number of pyridine rings is 1. The zero-order valence-electron chi connectivity index (χ0n) is 11.4. The number of aromatic nitrogens is 1. The number of methoxy groups -OCH3 is 2. The van der Waals surface area contributed by atoms with E-state index in [0.29, 0.717) is 26.3 Å². The van der Waals surface area contributed by atoms with E-state index >= 15 is 0 Å². The summed E-state index contributed by atoms with van der Waals surface area (Å²) in [5, 5.41) is 9.08. The van der Waals surface area contributed by atoms with Crippen molar-refractivity contribution in [3.05, 3.63) is 23.6 Å². The Balaban J connectivity index is 2.82. The van der Waals surface area contributed by atoms with Gasteiger partial charge >= 0.3 is 0 Å². The lowest BCUT2D eigenvalue weighted by Gasteiger charge is -2.24. The number of anilines is 1. The summed E-state index contributed by atoms with van der Waals surface area (Å²) in [6.07, 6.45) is 2.27. The minimum absolute atomic E-state index is 0.249. The first-order valence-electron chi connectivity index (χ1n) is 6.21. The highest BCUT2D eigenvalue weighted by atomic mass is 19.1. The van der Waals surface area contributed by atoms with E-state index in [1.165, 1.54) is 12.3 Å². The first-order chi connectivity index (χ1) is 9.24. The molecule has 0 saturated carbocycles. The summed E-state index contributed by atoms with van der Waals surface area (Å²) >= 11 is 0. The third kappa shape index (κ3) is 4.74. The fourth-order valence-electron chi connectivity index (χ4n) is 1.74. The molecule has 0 unspecified atom stereocenters. The highest BCUT2D eigenvalue weighted by molar-refractivity contribution is 5.42. The Bertz CT molecular complexity index is 377. The van der Waals surface area contributed by atoms with Crippen molar-refractivity contribution in [1.29, 1.82) is 0 Å². The maximum atomic E-state index is 14.1. The van der Waals surface area contributed by atoms with Crippen LogP contribution in [0.3, 0.4) is 0 Å². The van der Waals surface area contributed by atoms with Gasteiger partial charge in [0.25, 0.3) is 0 Å². The number of nitrogens with zero attached hydrogens (tertiary/aromatic N) is 2. The molecule has 1 rings (SSSR count). The first-order valence-corrected chi connectivity index (χ1v) is 6.21. The van der Waals surface area contributed by atoms with Gasteiger partial charge in [0.15, 0.2) is 11.6 Å². The van der Waals surface area contributed by atoms with E-state index in [9.17, 15) is 4.39 Å². The fourth-order valence-corrected chi connectivity index (χ4v) is 1.74. The Morgan fingerprint density at radius 1 is 1.26 bits per heavy atom. The van der Waals surface area contributed by atoms with Crippen molar-refractivity contribution < 1.29 is 19.0 Å². The van der Waals surface area contributed by atoms with E-state index in [4.69, 9.17) is 14.6 Å². The molecule has 5 nitrogen and oxygen atoms in total. The summed E-state index contributed by atoms with van der Waals surface area (Å²) in [5.41, 5.74) is 0.249. The SMILES string of the molecule is COCCCN(CCOC)c1nccc(CO)c1F. The van der Waals surface area contributed by atoms with Gasteiger partial charge in [-0.3, -0.25) is 0 Å². The molecule has 1 aromatic heterocycles. The number of aliphatic hydroxyl groups is 1. The summed E-state index contributed by atoms with van der Waals surface area (Å²) < 4.78 is 24.1. The van der Waals surface area contributed by atoms with Gasteiger partial charge in [0.1, 0.15) is 0 Å². The molecule has 0 aromatic carbocycles. The Kier molecular flexibility index (Phi) is 7.32. The second-order valence-electron chi connectivity index (χ2n) is 4.09. The van der Waals surface area contributed by atoms with Crippen LogP contribution in [-0.2, 0) is 16.1 Å². The minimum Gasteiger partial charge on any atom is -0.392 e. The van der Waals surface area contributed by atoms with Crippen molar-refractivity contribution in [2.75, 3.05) is 45.4 Å². The van der Waals surface area contributed by atoms with Crippen LogP contribution in [0, 0.1) is 5.82 Å². The molecular formula is C13H21FN2O3. The zero-order chi connectivity index (χ0) is 14.1. The highest BCUT2D eigenvalue weighted by Gasteiger charge is 2.15. The van der Waals surface area contributed by atoms with Gasteiger partial charge < -0.3 is 19.5 Å². The van der Waals surface area contributed by atoms with Gasteiger partial charge in [0.05, 0.1) is 13.2 Å². The van der Waals surface area contributed by atoms with Crippen LogP contribution in [-0.4, -0.2) is 50.6 Å². The average molecular weight is 272 g/mol. The monoisotopic (exact) mass is 272 g/mol. The van der Waals surface area contributed by atoms with Crippen molar-refractivity contribution in [3.63, 3.8) is 0 Å². The molecule has 1 N–H and O–H groups in total.